The van der Waals surface area contributed by atoms with E-state index in [1.54, 1.807) is 6.20 Å². The lowest BCUT2D eigenvalue weighted by Crippen LogP contribution is -2.08. The third kappa shape index (κ3) is 3.63. The van der Waals surface area contributed by atoms with Gasteiger partial charge in [0.15, 0.2) is 12.4 Å². The standard InChI is InChI=1S/C21H19NO3/c23-21(12-15-9-10-16-7-4-8-18(16)11-15)24-14-20-22-13-19(25-20)17-5-2-1-3-6-17/h1-3,5-6,9-11,13H,4,7-8,12,14H2. The zero-order chi connectivity index (χ0) is 17.1. The summed E-state index contributed by atoms with van der Waals surface area (Å²) in [5, 5.41) is 0. The van der Waals surface area contributed by atoms with Crippen LogP contribution >= 0.6 is 0 Å². The predicted octanol–water partition coefficient (Wildman–Crippen LogP) is 4.12. The van der Waals surface area contributed by atoms with Crippen molar-refractivity contribution in [3.05, 3.63) is 77.3 Å². The van der Waals surface area contributed by atoms with Crippen molar-refractivity contribution in [2.24, 2.45) is 0 Å². The molecule has 0 spiro atoms. The summed E-state index contributed by atoms with van der Waals surface area (Å²) in [6, 6.07) is 16.0. The van der Waals surface area contributed by atoms with Gasteiger partial charge in [0.05, 0.1) is 12.6 Å². The monoisotopic (exact) mass is 333 g/mol. The molecule has 1 aliphatic carbocycles. The Labute approximate surface area is 146 Å². The number of esters is 1. The molecule has 0 amide bonds. The van der Waals surface area contributed by atoms with E-state index < -0.39 is 0 Å². The summed E-state index contributed by atoms with van der Waals surface area (Å²) >= 11 is 0. The van der Waals surface area contributed by atoms with Gasteiger partial charge in [-0.3, -0.25) is 4.79 Å². The van der Waals surface area contributed by atoms with E-state index in [2.05, 4.69) is 17.1 Å². The Bertz CT molecular complexity index is 883. The quantitative estimate of drug-likeness (QED) is 0.659. The van der Waals surface area contributed by atoms with Crippen LogP contribution < -0.4 is 0 Å². The molecule has 1 aliphatic rings. The molecule has 0 saturated carbocycles. The number of carbonyl (C=O) groups is 1. The van der Waals surface area contributed by atoms with E-state index in [4.69, 9.17) is 9.15 Å². The number of fused-ring (bicyclic) bond motifs is 1. The van der Waals surface area contributed by atoms with Gasteiger partial charge in [-0.2, -0.15) is 0 Å². The Morgan fingerprint density at radius 2 is 1.92 bits per heavy atom. The van der Waals surface area contributed by atoms with Gasteiger partial charge in [-0.25, -0.2) is 4.98 Å². The first-order chi connectivity index (χ1) is 12.3. The molecule has 0 bridgehead atoms. The normalized spacial score (nSPS) is 12.8. The van der Waals surface area contributed by atoms with Crippen molar-refractivity contribution in [1.82, 2.24) is 4.98 Å². The maximum atomic E-state index is 12.1. The first kappa shape index (κ1) is 15.6. The van der Waals surface area contributed by atoms with Gasteiger partial charge in [0, 0.05) is 5.56 Å². The molecule has 126 valence electrons. The Balaban J connectivity index is 1.34. The zero-order valence-electron chi connectivity index (χ0n) is 13.9. The molecule has 3 aromatic rings. The molecule has 0 saturated heterocycles. The second kappa shape index (κ2) is 6.93. The summed E-state index contributed by atoms with van der Waals surface area (Å²) in [6.07, 6.45) is 5.39. The maximum Gasteiger partial charge on any atom is 0.310 e. The molecule has 4 heteroatoms. The minimum absolute atomic E-state index is 0.0522. The maximum absolute atomic E-state index is 12.1. The number of rotatable bonds is 5. The largest absolute Gasteiger partial charge is 0.455 e. The number of nitrogens with zero attached hydrogens (tertiary/aromatic N) is 1. The van der Waals surface area contributed by atoms with Crippen molar-refractivity contribution in [1.29, 1.82) is 0 Å². The van der Waals surface area contributed by atoms with Crippen molar-refractivity contribution in [3.63, 3.8) is 0 Å². The fourth-order valence-electron chi connectivity index (χ4n) is 3.21. The molecule has 0 unspecified atom stereocenters. The van der Waals surface area contributed by atoms with Crippen LogP contribution in [0.4, 0.5) is 0 Å². The van der Waals surface area contributed by atoms with Gasteiger partial charge in [-0.1, -0.05) is 48.5 Å². The van der Waals surface area contributed by atoms with Crippen LogP contribution in [0.25, 0.3) is 11.3 Å². The molecule has 4 rings (SSSR count). The number of aryl methyl sites for hydroxylation is 2. The second-order valence-corrected chi connectivity index (χ2v) is 6.28. The Hall–Kier alpha value is -2.88. The molecule has 0 atom stereocenters. The van der Waals surface area contributed by atoms with Crippen LogP contribution in [0.2, 0.25) is 0 Å². The van der Waals surface area contributed by atoms with Gasteiger partial charge in [-0.05, 0) is 36.0 Å². The van der Waals surface area contributed by atoms with Gasteiger partial charge in [-0.15, -0.1) is 0 Å². The van der Waals surface area contributed by atoms with E-state index in [-0.39, 0.29) is 19.0 Å². The number of benzene rings is 2. The summed E-state index contributed by atoms with van der Waals surface area (Å²) < 4.78 is 10.9. The summed E-state index contributed by atoms with van der Waals surface area (Å²) in [5.41, 5.74) is 4.73. The summed E-state index contributed by atoms with van der Waals surface area (Å²) in [4.78, 5) is 16.2. The van der Waals surface area contributed by atoms with Crippen molar-refractivity contribution in [2.45, 2.75) is 32.3 Å². The molecule has 0 fully saturated rings. The highest BCUT2D eigenvalue weighted by molar-refractivity contribution is 5.72. The van der Waals surface area contributed by atoms with Crippen LogP contribution in [0.5, 0.6) is 0 Å². The van der Waals surface area contributed by atoms with Crippen LogP contribution in [-0.4, -0.2) is 11.0 Å². The van der Waals surface area contributed by atoms with Gasteiger partial charge in [0.1, 0.15) is 0 Å². The Kier molecular flexibility index (Phi) is 4.34. The minimum Gasteiger partial charge on any atom is -0.455 e. The summed E-state index contributed by atoms with van der Waals surface area (Å²) in [5.74, 6) is 0.809. The minimum atomic E-state index is -0.266. The zero-order valence-corrected chi connectivity index (χ0v) is 13.9. The lowest BCUT2D eigenvalue weighted by Gasteiger charge is -2.05. The fraction of sp³-hybridized carbons (Fsp3) is 0.238. The molecule has 25 heavy (non-hydrogen) atoms. The predicted molar refractivity (Wildman–Crippen MR) is 93.9 cm³/mol. The van der Waals surface area contributed by atoms with Crippen molar-refractivity contribution in [2.75, 3.05) is 0 Å². The van der Waals surface area contributed by atoms with E-state index in [1.807, 2.05) is 36.4 Å². The van der Waals surface area contributed by atoms with Crippen molar-refractivity contribution < 1.29 is 13.9 Å². The Morgan fingerprint density at radius 3 is 2.80 bits per heavy atom. The molecule has 1 heterocycles. The second-order valence-electron chi connectivity index (χ2n) is 6.28. The van der Waals surface area contributed by atoms with Crippen molar-refractivity contribution >= 4 is 5.97 Å². The smallest absolute Gasteiger partial charge is 0.310 e. The lowest BCUT2D eigenvalue weighted by atomic mass is 10.0. The van der Waals surface area contributed by atoms with Crippen LogP contribution in [0.15, 0.2) is 59.1 Å². The molecule has 0 aliphatic heterocycles. The molecular weight excluding hydrogens is 314 g/mol. The SMILES string of the molecule is O=C(Cc1ccc2c(c1)CCC2)OCc1ncc(-c2ccccc2)o1. The molecule has 0 N–H and O–H groups in total. The van der Waals surface area contributed by atoms with Gasteiger partial charge >= 0.3 is 5.97 Å². The number of hydrogen-bond donors (Lipinski definition) is 0. The van der Waals surface area contributed by atoms with E-state index in [9.17, 15) is 4.79 Å². The third-order valence-electron chi connectivity index (χ3n) is 4.48. The highest BCUT2D eigenvalue weighted by Crippen LogP contribution is 2.23. The van der Waals surface area contributed by atoms with Crippen molar-refractivity contribution in [3.8, 4) is 11.3 Å². The average Bonchev–Trinajstić information content (AvgIpc) is 3.30. The average molecular weight is 333 g/mol. The lowest BCUT2D eigenvalue weighted by molar-refractivity contribution is -0.144. The highest BCUT2D eigenvalue weighted by atomic mass is 16.5. The molecule has 4 nitrogen and oxygen atoms in total. The molecule has 2 aromatic carbocycles. The van der Waals surface area contributed by atoms with E-state index in [1.165, 1.54) is 17.5 Å². The van der Waals surface area contributed by atoms with Crippen LogP contribution in [0.1, 0.15) is 29.0 Å². The Morgan fingerprint density at radius 1 is 1.08 bits per heavy atom. The molecule has 1 aromatic heterocycles. The van der Waals surface area contributed by atoms with E-state index >= 15 is 0 Å². The number of aromatic nitrogens is 1. The first-order valence-corrected chi connectivity index (χ1v) is 8.54. The molecule has 0 radical (unpaired) electrons. The molecular formula is C21H19NO3. The third-order valence-corrected chi connectivity index (χ3v) is 4.48. The number of hydrogen-bond acceptors (Lipinski definition) is 4. The van der Waals surface area contributed by atoms with Crippen LogP contribution in [0, 0.1) is 0 Å². The topological polar surface area (TPSA) is 52.3 Å². The van der Waals surface area contributed by atoms with E-state index in [0.717, 1.165) is 24.0 Å². The summed E-state index contributed by atoms with van der Waals surface area (Å²) in [6.45, 7) is 0.0522. The van der Waals surface area contributed by atoms with Gasteiger partial charge < -0.3 is 9.15 Å². The van der Waals surface area contributed by atoms with Gasteiger partial charge in [0.2, 0.25) is 5.89 Å². The van der Waals surface area contributed by atoms with Gasteiger partial charge in [0.25, 0.3) is 0 Å². The summed E-state index contributed by atoms with van der Waals surface area (Å²) in [7, 11) is 0. The van der Waals surface area contributed by atoms with E-state index in [0.29, 0.717) is 11.7 Å². The number of oxazole rings is 1. The highest BCUT2D eigenvalue weighted by Gasteiger charge is 2.14. The first-order valence-electron chi connectivity index (χ1n) is 8.54. The number of ether oxygens (including phenoxy) is 1. The van der Waals surface area contributed by atoms with Crippen LogP contribution in [0.3, 0.4) is 0 Å². The number of carbonyl (C=O) groups excluding carboxylic acids is 1. The fourth-order valence-corrected chi connectivity index (χ4v) is 3.21. The van der Waals surface area contributed by atoms with Crippen LogP contribution in [-0.2, 0) is 35.4 Å².